The Morgan fingerprint density at radius 2 is 1.95 bits per heavy atom. The molecular formula is C14H20N2OS2. The van der Waals surface area contributed by atoms with Crippen LogP contribution in [-0.2, 0) is 6.54 Å². The zero-order valence-corrected chi connectivity index (χ0v) is 13.7. The maximum Gasteiger partial charge on any atom is 0.263 e. The number of nitrogens with one attached hydrogen (secondary N) is 1. The number of H-pyrrole nitrogens is 1. The Kier molecular flexibility index (Phi) is 3.71. The van der Waals surface area contributed by atoms with E-state index < -0.39 is 0 Å². The summed E-state index contributed by atoms with van der Waals surface area (Å²) in [4.78, 5) is 17.8. The summed E-state index contributed by atoms with van der Waals surface area (Å²) < 4.78 is 2.23. The predicted octanol–water partition coefficient (Wildman–Crippen LogP) is 4.17. The molecule has 0 aliphatic carbocycles. The van der Waals surface area contributed by atoms with Crippen LogP contribution in [0.2, 0.25) is 0 Å². The molecule has 0 unspecified atom stereocenters. The van der Waals surface area contributed by atoms with Gasteiger partial charge in [-0.05, 0) is 43.5 Å². The van der Waals surface area contributed by atoms with E-state index >= 15 is 0 Å². The van der Waals surface area contributed by atoms with Crippen molar-refractivity contribution >= 4 is 33.8 Å². The van der Waals surface area contributed by atoms with Gasteiger partial charge in [-0.25, -0.2) is 0 Å². The van der Waals surface area contributed by atoms with Crippen LogP contribution in [0, 0.1) is 24.0 Å². The van der Waals surface area contributed by atoms with Crippen molar-refractivity contribution in [2.24, 2.45) is 5.41 Å². The molecule has 0 amide bonds. The Morgan fingerprint density at radius 1 is 1.32 bits per heavy atom. The Morgan fingerprint density at radius 3 is 2.53 bits per heavy atom. The van der Waals surface area contributed by atoms with Gasteiger partial charge in [-0.3, -0.25) is 9.36 Å². The van der Waals surface area contributed by atoms with Gasteiger partial charge in [0.2, 0.25) is 0 Å². The van der Waals surface area contributed by atoms with E-state index in [1.165, 1.54) is 4.88 Å². The van der Waals surface area contributed by atoms with Crippen molar-refractivity contribution in [2.45, 2.75) is 47.6 Å². The van der Waals surface area contributed by atoms with Gasteiger partial charge < -0.3 is 4.98 Å². The molecule has 3 nitrogen and oxygen atoms in total. The molecule has 0 bridgehead atoms. The van der Waals surface area contributed by atoms with Crippen LogP contribution in [0.4, 0.5) is 0 Å². The molecule has 2 aromatic rings. The third kappa shape index (κ3) is 2.82. The highest BCUT2D eigenvalue weighted by Crippen LogP contribution is 2.26. The van der Waals surface area contributed by atoms with Crippen LogP contribution in [0.3, 0.4) is 0 Å². The first-order valence-corrected chi connectivity index (χ1v) is 7.66. The van der Waals surface area contributed by atoms with Crippen LogP contribution in [0.1, 0.15) is 37.6 Å². The Hall–Kier alpha value is -0.940. The monoisotopic (exact) mass is 296 g/mol. The molecule has 5 heteroatoms. The van der Waals surface area contributed by atoms with Gasteiger partial charge >= 0.3 is 0 Å². The van der Waals surface area contributed by atoms with E-state index in [4.69, 9.17) is 12.2 Å². The van der Waals surface area contributed by atoms with E-state index in [1.54, 1.807) is 15.9 Å². The van der Waals surface area contributed by atoms with E-state index in [0.717, 1.165) is 22.2 Å². The van der Waals surface area contributed by atoms with E-state index in [1.807, 2.05) is 13.8 Å². The Balaban J connectivity index is 2.59. The quantitative estimate of drug-likeness (QED) is 0.844. The Bertz CT molecular complexity index is 729. The topological polar surface area (TPSA) is 37.8 Å². The average molecular weight is 296 g/mol. The number of hydrogen-bond acceptors (Lipinski definition) is 3. The molecule has 0 spiro atoms. The number of aromatic nitrogens is 2. The fourth-order valence-corrected chi connectivity index (χ4v) is 3.41. The van der Waals surface area contributed by atoms with Crippen molar-refractivity contribution in [3.05, 3.63) is 25.6 Å². The molecular weight excluding hydrogens is 276 g/mol. The van der Waals surface area contributed by atoms with E-state index in [2.05, 4.69) is 25.8 Å². The molecule has 2 rings (SSSR count). The lowest BCUT2D eigenvalue weighted by Crippen LogP contribution is -2.24. The minimum Gasteiger partial charge on any atom is -0.323 e. The molecule has 0 aliphatic rings. The summed E-state index contributed by atoms with van der Waals surface area (Å²) in [5.74, 6) is 0. The van der Waals surface area contributed by atoms with E-state index in [9.17, 15) is 4.79 Å². The first kappa shape index (κ1) is 14.5. The SMILES string of the molecule is Cc1sc2[nH]c(=S)n(CCC(C)(C)C)c(=O)c2c1C. The molecule has 0 atom stereocenters. The summed E-state index contributed by atoms with van der Waals surface area (Å²) in [5.41, 5.74) is 1.31. The molecule has 104 valence electrons. The summed E-state index contributed by atoms with van der Waals surface area (Å²) >= 11 is 6.93. The molecule has 0 fully saturated rings. The Labute approximate surface area is 122 Å². The zero-order chi connectivity index (χ0) is 14.4. The fraction of sp³-hybridized carbons (Fsp3) is 0.571. The highest BCUT2D eigenvalue weighted by atomic mass is 32.1. The number of nitrogens with zero attached hydrogens (tertiary/aromatic N) is 1. The van der Waals surface area contributed by atoms with E-state index in [0.29, 0.717) is 11.3 Å². The van der Waals surface area contributed by atoms with Crippen molar-refractivity contribution in [2.75, 3.05) is 0 Å². The summed E-state index contributed by atoms with van der Waals surface area (Å²) in [7, 11) is 0. The lowest BCUT2D eigenvalue weighted by molar-refractivity contribution is 0.346. The van der Waals surface area contributed by atoms with Crippen LogP contribution >= 0.6 is 23.6 Å². The van der Waals surface area contributed by atoms with Crippen molar-refractivity contribution in [1.29, 1.82) is 0 Å². The second kappa shape index (κ2) is 4.87. The highest BCUT2D eigenvalue weighted by molar-refractivity contribution is 7.71. The molecule has 0 aromatic carbocycles. The number of aryl methyl sites for hydroxylation is 2. The summed E-state index contributed by atoms with van der Waals surface area (Å²) in [5, 5.41) is 0.796. The lowest BCUT2D eigenvalue weighted by Gasteiger charge is -2.18. The number of hydrogen-bond donors (Lipinski definition) is 1. The third-order valence-electron chi connectivity index (χ3n) is 3.40. The smallest absolute Gasteiger partial charge is 0.263 e. The van der Waals surface area contributed by atoms with Crippen LogP contribution in [-0.4, -0.2) is 9.55 Å². The third-order valence-corrected chi connectivity index (χ3v) is 4.84. The molecule has 19 heavy (non-hydrogen) atoms. The summed E-state index contributed by atoms with van der Waals surface area (Å²) in [6.45, 7) is 11.2. The first-order valence-electron chi connectivity index (χ1n) is 6.43. The standard InChI is InChI=1S/C14H20N2OS2/c1-8-9(2)19-11-10(8)12(17)16(13(18)15-11)7-6-14(3,4)5/h6-7H2,1-5H3,(H,15,18). The van der Waals surface area contributed by atoms with E-state index in [-0.39, 0.29) is 11.0 Å². The molecule has 2 heterocycles. The minimum atomic E-state index is 0.0462. The number of rotatable bonds is 2. The first-order chi connectivity index (χ1) is 8.70. The number of thiophene rings is 1. The van der Waals surface area contributed by atoms with Crippen LogP contribution < -0.4 is 5.56 Å². The average Bonchev–Trinajstić information content (AvgIpc) is 2.52. The zero-order valence-electron chi connectivity index (χ0n) is 12.1. The normalized spacial score (nSPS) is 12.3. The summed E-state index contributed by atoms with van der Waals surface area (Å²) in [6, 6.07) is 0. The fourth-order valence-electron chi connectivity index (χ4n) is 2.01. The van der Waals surface area contributed by atoms with Crippen molar-refractivity contribution < 1.29 is 0 Å². The molecule has 0 radical (unpaired) electrons. The van der Waals surface area contributed by atoms with Gasteiger partial charge in [0.15, 0.2) is 4.77 Å². The largest absolute Gasteiger partial charge is 0.323 e. The van der Waals surface area contributed by atoms with Crippen LogP contribution in [0.15, 0.2) is 4.79 Å². The number of aromatic amines is 1. The van der Waals surface area contributed by atoms with Crippen molar-refractivity contribution in [1.82, 2.24) is 9.55 Å². The van der Waals surface area contributed by atoms with Gasteiger partial charge in [0.1, 0.15) is 4.83 Å². The minimum absolute atomic E-state index is 0.0462. The van der Waals surface area contributed by atoms with Gasteiger partial charge in [-0.2, -0.15) is 0 Å². The molecule has 0 saturated heterocycles. The highest BCUT2D eigenvalue weighted by Gasteiger charge is 2.15. The van der Waals surface area contributed by atoms with Gasteiger partial charge in [-0.15, -0.1) is 11.3 Å². The molecule has 1 N–H and O–H groups in total. The van der Waals surface area contributed by atoms with Gasteiger partial charge in [-0.1, -0.05) is 20.8 Å². The maximum atomic E-state index is 12.6. The second-order valence-corrected chi connectivity index (χ2v) is 7.80. The maximum absolute atomic E-state index is 12.6. The lowest BCUT2D eigenvalue weighted by atomic mass is 9.92. The molecule has 0 aliphatic heterocycles. The van der Waals surface area contributed by atoms with Crippen molar-refractivity contribution in [3.63, 3.8) is 0 Å². The second-order valence-electron chi connectivity index (χ2n) is 6.18. The molecule has 2 aromatic heterocycles. The van der Waals surface area contributed by atoms with Gasteiger partial charge in [0.05, 0.1) is 5.39 Å². The van der Waals surface area contributed by atoms with Gasteiger partial charge in [0, 0.05) is 11.4 Å². The van der Waals surface area contributed by atoms with Gasteiger partial charge in [0.25, 0.3) is 5.56 Å². The molecule has 0 saturated carbocycles. The summed E-state index contributed by atoms with van der Waals surface area (Å²) in [6.07, 6.45) is 0.929. The van der Waals surface area contributed by atoms with Crippen LogP contribution in [0.25, 0.3) is 10.2 Å². The predicted molar refractivity (Wildman–Crippen MR) is 84.8 cm³/mol. The number of fused-ring (bicyclic) bond motifs is 1. The van der Waals surface area contributed by atoms with Crippen LogP contribution in [0.5, 0.6) is 0 Å². The van der Waals surface area contributed by atoms with Crippen molar-refractivity contribution in [3.8, 4) is 0 Å².